The Morgan fingerprint density at radius 1 is 0.578 bits per heavy atom. The van der Waals surface area contributed by atoms with Gasteiger partial charge >= 0.3 is 19.8 Å². The molecule has 9 atom stereocenters. The maximum atomic E-state index is 12.8. The lowest BCUT2D eigenvalue weighted by atomic mass is 9.85. The molecule has 364 valence electrons. The van der Waals surface area contributed by atoms with Gasteiger partial charge in [0.1, 0.15) is 43.2 Å². The lowest BCUT2D eigenvalue weighted by molar-refractivity contribution is -0.220. The standard InChI is InChI=1S/C49H79O14P/c1-3-5-7-9-11-12-13-14-15-16-17-18-19-20-21-22-24-28-32-36-42(51)60-38-41(39-61-64(58,59)63-49-47(56)45(54)44(53)46(55)48(49)57)62-43(52)37-33-29-25-27-31-35-40(50)34-30-26-23-10-8-6-4-2/h6,8,11-12,14-15,17-18,20-21,23-24,26,28,30,34,40-41,44-50,53-57H,3-5,7,9-10,13,16,19,22,25,27,29,31-33,35-39H2,1-2H3,(H,58,59)/b8-6+,12-11-,15-14-,18-17-,21-20-,26-23+,28-24-,34-30+/t40?,41-,44?,45-,46+,47-,48-,49?/m1/s1. The van der Waals surface area contributed by atoms with Crippen molar-refractivity contribution in [1.29, 1.82) is 0 Å². The van der Waals surface area contributed by atoms with E-state index in [9.17, 15) is 49.7 Å². The Hall–Kier alpha value is -3.27. The zero-order chi connectivity index (χ0) is 47.3. The average Bonchev–Trinajstić information content (AvgIpc) is 3.27. The van der Waals surface area contributed by atoms with Crippen molar-refractivity contribution < 1.29 is 68.2 Å². The molecule has 0 aromatic heterocycles. The van der Waals surface area contributed by atoms with Gasteiger partial charge in [0.2, 0.25) is 0 Å². The van der Waals surface area contributed by atoms with E-state index < -0.39 is 81.8 Å². The van der Waals surface area contributed by atoms with E-state index >= 15 is 0 Å². The van der Waals surface area contributed by atoms with E-state index in [1.807, 2.05) is 36.5 Å². The van der Waals surface area contributed by atoms with Crippen molar-refractivity contribution >= 4 is 19.8 Å². The fraction of sp³-hybridized carbons (Fsp3) is 0.633. The first-order chi connectivity index (χ1) is 30.8. The topological polar surface area (TPSA) is 230 Å². The quantitative estimate of drug-likeness (QED) is 0.0104. The van der Waals surface area contributed by atoms with Gasteiger partial charge in [-0.05, 0) is 70.6 Å². The summed E-state index contributed by atoms with van der Waals surface area (Å²) in [5, 5.41) is 60.3. The smallest absolute Gasteiger partial charge is 0.462 e. The number of hydrogen-bond acceptors (Lipinski definition) is 13. The molecule has 0 aromatic carbocycles. The van der Waals surface area contributed by atoms with Gasteiger partial charge in [-0.2, -0.15) is 0 Å². The zero-order valence-corrected chi connectivity index (χ0v) is 39.0. The van der Waals surface area contributed by atoms with Crippen LogP contribution in [-0.4, -0.2) is 110 Å². The molecule has 7 N–H and O–H groups in total. The predicted molar refractivity (Wildman–Crippen MR) is 250 cm³/mol. The molecular weight excluding hydrogens is 843 g/mol. The summed E-state index contributed by atoms with van der Waals surface area (Å²) >= 11 is 0. The molecule has 0 aromatic rings. The summed E-state index contributed by atoms with van der Waals surface area (Å²) in [6, 6.07) is 0. The van der Waals surface area contributed by atoms with Crippen molar-refractivity contribution in [2.24, 2.45) is 0 Å². The Bertz CT molecular complexity index is 1500. The van der Waals surface area contributed by atoms with Crippen LogP contribution in [0.3, 0.4) is 0 Å². The number of esters is 2. The van der Waals surface area contributed by atoms with Crippen LogP contribution in [0.1, 0.15) is 136 Å². The van der Waals surface area contributed by atoms with Gasteiger partial charge in [-0.25, -0.2) is 4.57 Å². The highest BCUT2D eigenvalue weighted by atomic mass is 31.2. The largest absolute Gasteiger partial charge is 0.472 e. The first kappa shape index (κ1) is 58.7. The Labute approximate surface area is 382 Å². The molecule has 1 rings (SSSR count). The number of aliphatic hydroxyl groups excluding tert-OH is 6. The Morgan fingerprint density at radius 3 is 1.72 bits per heavy atom. The van der Waals surface area contributed by atoms with Gasteiger partial charge < -0.3 is 45.0 Å². The fourth-order valence-corrected chi connectivity index (χ4v) is 7.25. The molecule has 0 heterocycles. The second-order valence-corrected chi connectivity index (χ2v) is 17.1. The molecule has 0 radical (unpaired) electrons. The minimum Gasteiger partial charge on any atom is -0.462 e. The SMILES string of the molecule is CC/C=C/C/C=C/C=C/C(O)CCCCCCCC(=O)O[C@H](COC(=O)CC/C=C\C/C=C\C/C=C\C/C=C\C/C=C\CCCCC)COP(=O)(O)OC1[C@H](O)[C@H](O)C(O)[C@H](O)[C@H]1O. The highest BCUT2D eigenvalue weighted by molar-refractivity contribution is 7.47. The molecule has 1 aliphatic rings. The van der Waals surface area contributed by atoms with Gasteiger partial charge in [-0.3, -0.25) is 18.6 Å². The highest BCUT2D eigenvalue weighted by Crippen LogP contribution is 2.47. The summed E-state index contributed by atoms with van der Waals surface area (Å²) < 4.78 is 33.4. The number of carbonyl (C=O) groups is 2. The summed E-state index contributed by atoms with van der Waals surface area (Å²) in [7, 11) is -5.17. The molecule has 0 amide bonds. The molecular formula is C49H79O14P. The number of allylic oxidation sites excluding steroid dienone is 15. The lowest BCUT2D eigenvalue weighted by Crippen LogP contribution is -2.64. The number of aliphatic hydroxyl groups is 6. The average molecular weight is 923 g/mol. The first-order valence-electron chi connectivity index (χ1n) is 23.1. The summed E-state index contributed by atoms with van der Waals surface area (Å²) in [5.41, 5.74) is 0. The van der Waals surface area contributed by atoms with Crippen LogP contribution < -0.4 is 0 Å². The van der Waals surface area contributed by atoms with E-state index in [0.29, 0.717) is 32.1 Å². The molecule has 1 aliphatic carbocycles. The van der Waals surface area contributed by atoms with E-state index in [0.717, 1.165) is 57.8 Å². The minimum absolute atomic E-state index is 0.00563. The molecule has 0 saturated heterocycles. The van der Waals surface area contributed by atoms with Crippen molar-refractivity contribution in [3.05, 3.63) is 97.2 Å². The summed E-state index contributed by atoms with van der Waals surface area (Å²) in [5.74, 6) is -1.28. The van der Waals surface area contributed by atoms with Gasteiger partial charge in [-0.15, -0.1) is 0 Å². The van der Waals surface area contributed by atoms with Crippen LogP contribution in [0.15, 0.2) is 97.2 Å². The van der Waals surface area contributed by atoms with Crippen LogP contribution in [0, 0.1) is 0 Å². The van der Waals surface area contributed by atoms with Crippen LogP contribution in [0.4, 0.5) is 0 Å². The van der Waals surface area contributed by atoms with Gasteiger partial charge in [0.05, 0.1) is 12.7 Å². The molecule has 0 aliphatic heterocycles. The minimum atomic E-state index is -5.17. The van der Waals surface area contributed by atoms with Crippen molar-refractivity contribution in [2.75, 3.05) is 13.2 Å². The van der Waals surface area contributed by atoms with E-state index in [2.05, 4.69) is 68.5 Å². The molecule has 64 heavy (non-hydrogen) atoms. The molecule has 1 fully saturated rings. The zero-order valence-electron chi connectivity index (χ0n) is 38.1. The second-order valence-electron chi connectivity index (χ2n) is 15.7. The van der Waals surface area contributed by atoms with E-state index in [4.69, 9.17) is 18.5 Å². The first-order valence-corrected chi connectivity index (χ1v) is 24.6. The number of ether oxygens (including phenoxy) is 2. The second kappa shape index (κ2) is 37.9. The van der Waals surface area contributed by atoms with Crippen LogP contribution >= 0.6 is 7.82 Å². The number of hydrogen-bond donors (Lipinski definition) is 7. The molecule has 15 heteroatoms. The maximum Gasteiger partial charge on any atom is 0.472 e. The van der Waals surface area contributed by atoms with Crippen LogP contribution in [-0.2, 0) is 32.7 Å². The molecule has 0 spiro atoms. The summed E-state index contributed by atoms with van der Waals surface area (Å²) in [6.45, 7) is 2.98. The normalized spacial score (nSPS) is 23.0. The third-order valence-electron chi connectivity index (χ3n) is 10.0. The monoisotopic (exact) mass is 923 g/mol. The van der Waals surface area contributed by atoms with Gasteiger partial charge in [-0.1, -0.05) is 150 Å². The van der Waals surface area contributed by atoms with Crippen LogP contribution in [0.25, 0.3) is 0 Å². The number of carbonyl (C=O) groups excluding carboxylic acids is 2. The third kappa shape index (κ3) is 30.0. The number of phosphoric acid groups is 1. The van der Waals surface area contributed by atoms with Crippen LogP contribution in [0.5, 0.6) is 0 Å². The predicted octanol–water partition coefficient (Wildman–Crippen LogP) is 8.02. The molecule has 14 nitrogen and oxygen atoms in total. The van der Waals surface area contributed by atoms with E-state index in [1.54, 1.807) is 6.08 Å². The van der Waals surface area contributed by atoms with Gasteiger partial charge in [0.15, 0.2) is 6.10 Å². The molecule has 0 bridgehead atoms. The maximum absolute atomic E-state index is 12.8. The summed E-state index contributed by atoms with van der Waals surface area (Å²) in [4.78, 5) is 35.7. The molecule has 1 saturated carbocycles. The fourth-order valence-electron chi connectivity index (χ4n) is 6.28. The molecule has 4 unspecified atom stereocenters. The number of unbranched alkanes of at least 4 members (excludes halogenated alkanes) is 7. The summed E-state index contributed by atoms with van der Waals surface area (Å²) in [6.07, 6.45) is 33.4. The highest BCUT2D eigenvalue weighted by Gasteiger charge is 2.51. The van der Waals surface area contributed by atoms with Crippen molar-refractivity contribution in [2.45, 2.75) is 185 Å². The van der Waals surface area contributed by atoms with Crippen molar-refractivity contribution in [3.8, 4) is 0 Å². The lowest BCUT2D eigenvalue weighted by Gasteiger charge is -2.41. The number of rotatable bonds is 36. The Kier molecular flexibility index (Phi) is 34.8. The van der Waals surface area contributed by atoms with Crippen molar-refractivity contribution in [1.82, 2.24) is 0 Å². The van der Waals surface area contributed by atoms with Gasteiger partial charge in [0.25, 0.3) is 0 Å². The van der Waals surface area contributed by atoms with Crippen LogP contribution in [0.2, 0.25) is 0 Å². The third-order valence-corrected chi connectivity index (χ3v) is 11.0. The Balaban J connectivity index is 2.56. The van der Waals surface area contributed by atoms with Gasteiger partial charge in [0, 0.05) is 12.8 Å². The van der Waals surface area contributed by atoms with Crippen molar-refractivity contribution in [3.63, 3.8) is 0 Å². The Morgan fingerprint density at radius 2 is 1.11 bits per heavy atom. The van der Waals surface area contributed by atoms with E-state index in [1.165, 1.54) is 19.3 Å². The van der Waals surface area contributed by atoms with E-state index in [-0.39, 0.29) is 12.8 Å². The number of phosphoric ester groups is 1.